The summed E-state index contributed by atoms with van der Waals surface area (Å²) < 4.78 is 1.09. The summed E-state index contributed by atoms with van der Waals surface area (Å²) in [6, 6.07) is 0. The summed E-state index contributed by atoms with van der Waals surface area (Å²) in [6.45, 7) is 2.87. The first kappa shape index (κ1) is 14.6. The van der Waals surface area contributed by atoms with Crippen LogP contribution in [0.1, 0.15) is 23.1 Å². The van der Waals surface area contributed by atoms with E-state index < -0.39 is 32.5 Å². The number of fused-ring (bicyclic) bond motifs is 2. The molecule has 1 aliphatic heterocycles. The second-order valence-corrected chi connectivity index (χ2v) is 26.2. The molecule has 5 nitrogen and oxygen atoms in total. The van der Waals surface area contributed by atoms with Crippen LogP contribution in [0.5, 0.6) is 0 Å². The zero-order valence-electron chi connectivity index (χ0n) is 10.7. The van der Waals surface area contributed by atoms with Gasteiger partial charge in [0.25, 0.3) is 0 Å². The monoisotopic (exact) mass is 517 g/mol. The number of rotatable bonds is 0. The van der Waals surface area contributed by atoms with Gasteiger partial charge in [-0.2, -0.15) is 0 Å². The maximum atomic E-state index is 12.1. The predicted molar refractivity (Wildman–Crippen MR) is 90.0 cm³/mol. The molecule has 0 bridgehead atoms. The number of allylic oxidation sites excluding steroid dienone is 1. The Bertz CT molecular complexity index is 674. The Kier molecular flexibility index (Phi) is 3.79. The first-order valence-corrected chi connectivity index (χ1v) is 18.7. The number of hydrogen-bond acceptors (Lipinski definition) is 5. The Morgan fingerprint density at radius 2 is 1.60 bits per heavy atom. The summed E-state index contributed by atoms with van der Waals surface area (Å²) in [5, 5.41) is 0. The van der Waals surface area contributed by atoms with E-state index in [1.54, 1.807) is 0 Å². The maximum absolute atomic E-state index is 12.1. The van der Waals surface area contributed by atoms with Crippen molar-refractivity contribution in [3.63, 3.8) is 0 Å². The van der Waals surface area contributed by atoms with E-state index in [9.17, 15) is 4.79 Å². The Morgan fingerprint density at radius 3 is 2.25 bits per heavy atom. The SMILES string of the molecule is NC1=C(N)c2c(N)c3c(c(N)c2I(P)[I-]C1=O)CCC3. The fourth-order valence-electron chi connectivity index (χ4n) is 2.71. The molecule has 3 rings (SSSR count). The van der Waals surface area contributed by atoms with Gasteiger partial charge in [-0.1, -0.05) is 0 Å². The average Bonchev–Trinajstić information content (AvgIpc) is 2.87. The van der Waals surface area contributed by atoms with Crippen molar-refractivity contribution in [2.45, 2.75) is 19.3 Å². The third-order valence-corrected chi connectivity index (χ3v) is 20.6. The molecular formula is C12H16I2N4OP-. The third kappa shape index (κ3) is 2.00. The fraction of sp³-hybridized carbons (Fsp3) is 0.250. The van der Waals surface area contributed by atoms with E-state index in [1.165, 1.54) is 5.56 Å². The van der Waals surface area contributed by atoms with Crippen LogP contribution < -0.4 is 40.2 Å². The first-order chi connectivity index (χ1) is 9.43. The van der Waals surface area contributed by atoms with Crippen molar-refractivity contribution in [2.24, 2.45) is 11.5 Å². The zero-order valence-corrected chi connectivity index (χ0v) is 16.1. The van der Waals surface area contributed by atoms with Crippen molar-refractivity contribution in [3.8, 4) is 0 Å². The summed E-state index contributed by atoms with van der Waals surface area (Å²) >= 11 is -2.35. The van der Waals surface area contributed by atoms with E-state index in [1.807, 2.05) is 0 Å². The number of nitrogens with two attached hydrogens (primary N) is 4. The van der Waals surface area contributed by atoms with Crippen molar-refractivity contribution in [1.29, 1.82) is 0 Å². The van der Waals surface area contributed by atoms with E-state index in [0.717, 1.165) is 39.6 Å². The van der Waals surface area contributed by atoms with Crippen molar-refractivity contribution in [2.75, 3.05) is 11.5 Å². The summed E-state index contributed by atoms with van der Waals surface area (Å²) in [5.74, 6) is 0. The van der Waals surface area contributed by atoms with E-state index >= 15 is 0 Å². The topological polar surface area (TPSA) is 121 Å². The molecule has 0 radical (unpaired) electrons. The van der Waals surface area contributed by atoms with Crippen LogP contribution >= 0.6 is 22.2 Å². The van der Waals surface area contributed by atoms with Crippen LogP contribution in [0.25, 0.3) is 5.70 Å². The number of nitrogen functional groups attached to an aromatic ring is 2. The van der Waals surface area contributed by atoms with Gasteiger partial charge in [-0.05, 0) is 0 Å². The Balaban J connectivity index is 2.41. The number of carbonyl (C=O) groups is 1. The molecule has 1 aromatic rings. The summed E-state index contributed by atoms with van der Waals surface area (Å²) in [6.07, 6.45) is 2.98. The molecule has 0 saturated carbocycles. The van der Waals surface area contributed by atoms with Gasteiger partial charge in [0, 0.05) is 0 Å². The molecule has 0 saturated heterocycles. The molecule has 1 unspecified atom stereocenters. The van der Waals surface area contributed by atoms with E-state index in [-0.39, 0.29) is 9.49 Å². The number of carbonyl (C=O) groups excluding carboxylic acids is 1. The second kappa shape index (κ2) is 5.17. The van der Waals surface area contributed by atoms with Gasteiger partial charge in [0.2, 0.25) is 0 Å². The van der Waals surface area contributed by atoms with Gasteiger partial charge < -0.3 is 0 Å². The molecule has 0 spiro atoms. The normalized spacial score (nSPS) is 20.2. The molecular weight excluding hydrogens is 501 g/mol. The van der Waals surface area contributed by atoms with Gasteiger partial charge in [0.1, 0.15) is 0 Å². The number of anilines is 2. The van der Waals surface area contributed by atoms with Crippen molar-refractivity contribution in [3.05, 3.63) is 26.0 Å². The van der Waals surface area contributed by atoms with Crippen LogP contribution in [-0.4, -0.2) is 3.79 Å². The van der Waals surface area contributed by atoms with Gasteiger partial charge in [0.05, 0.1) is 0 Å². The van der Waals surface area contributed by atoms with Gasteiger partial charge in [-0.25, -0.2) is 0 Å². The van der Waals surface area contributed by atoms with Crippen molar-refractivity contribution >= 4 is 43.0 Å². The minimum atomic E-state index is -1.70. The molecule has 8 heteroatoms. The van der Waals surface area contributed by atoms with Crippen LogP contribution in [0, 0.1) is 3.57 Å². The van der Waals surface area contributed by atoms with Crippen LogP contribution in [0.2, 0.25) is 0 Å². The molecule has 1 atom stereocenters. The van der Waals surface area contributed by atoms with E-state index in [4.69, 9.17) is 22.9 Å². The molecule has 0 aromatic heterocycles. The predicted octanol–water partition coefficient (Wildman–Crippen LogP) is -2.06. The third-order valence-electron chi connectivity index (χ3n) is 3.69. The molecule has 1 aliphatic carbocycles. The van der Waals surface area contributed by atoms with Gasteiger partial charge in [0.15, 0.2) is 0 Å². The molecule has 1 heterocycles. The molecule has 110 valence electrons. The standard InChI is InChI=1S/C12H16I2N4OP/c15-8-4-2-1-3-5(4)9(16)7-6(8)10(17)11(18)12(19)13-14(7)20/h1-3,15-18,20H2/q-1. The molecule has 0 fully saturated rings. The van der Waals surface area contributed by atoms with Gasteiger partial charge in [-0.3, -0.25) is 0 Å². The Hall–Kier alpha value is -0.280. The Labute approximate surface area is 132 Å². The van der Waals surface area contributed by atoms with E-state index in [2.05, 4.69) is 6.88 Å². The zero-order chi connectivity index (χ0) is 14.6. The van der Waals surface area contributed by atoms with Crippen molar-refractivity contribution in [1.82, 2.24) is 0 Å². The van der Waals surface area contributed by atoms with Crippen LogP contribution in [-0.2, 0) is 17.6 Å². The van der Waals surface area contributed by atoms with Crippen LogP contribution in [0.4, 0.5) is 11.4 Å². The molecule has 0 amide bonds. The minimum absolute atomic E-state index is 0.0247. The molecule has 1 aromatic carbocycles. The van der Waals surface area contributed by atoms with Crippen molar-refractivity contribution < 1.29 is 22.0 Å². The quantitative estimate of drug-likeness (QED) is 0.104. The average molecular weight is 517 g/mol. The number of halogens is 2. The molecule has 2 aliphatic rings. The number of benzene rings is 1. The summed E-state index contributed by atoms with van der Waals surface area (Å²) in [4.78, 5) is 12.1. The number of hydrogen-bond donors (Lipinski definition) is 4. The summed E-state index contributed by atoms with van der Waals surface area (Å²) in [7, 11) is 0. The molecule has 8 N–H and O–H groups in total. The molecule has 20 heavy (non-hydrogen) atoms. The summed E-state index contributed by atoms with van der Waals surface area (Å²) in [5.41, 5.74) is 29.9. The first-order valence-electron chi connectivity index (χ1n) is 6.05. The Morgan fingerprint density at radius 1 is 1.00 bits per heavy atom. The second-order valence-electron chi connectivity index (χ2n) is 4.76. The van der Waals surface area contributed by atoms with Crippen LogP contribution in [0.3, 0.4) is 0 Å². The van der Waals surface area contributed by atoms with Gasteiger partial charge >= 0.3 is 133 Å². The van der Waals surface area contributed by atoms with E-state index in [0.29, 0.717) is 11.4 Å². The van der Waals surface area contributed by atoms with Crippen LogP contribution in [0.15, 0.2) is 5.70 Å². The van der Waals surface area contributed by atoms with Gasteiger partial charge in [-0.15, -0.1) is 0 Å². The fourth-order valence-corrected chi connectivity index (χ4v) is 19.0.